The van der Waals surface area contributed by atoms with Crippen molar-refractivity contribution in [3.63, 3.8) is 0 Å². The number of unbranched alkanes of at least 4 members (excludes halogenated alkanes) is 1. The first-order valence-corrected chi connectivity index (χ1v) is 8.41. The predicted molar refractivity (Wildman–Crippen MR) is 84.5 cm³/mol. The van der Waals surface area contributed by atoms with Crippen LogP contribution in [-0.4, -0.2) is 34.7 Å². The van der Waals surface area contributed by atoms with E-state index in [2.05, 4.69) is 21.2 Å². The Hall–Kier alpha value is -1.21. The second kappa shape index (κ2) is 6.27. The molecule has 7 heteroatoms. The van der Waals surface area contributed by atoms with Crippen molar-refractivity contribution in [3.8, 4) is 0 Å². The first-order chi connectivity index (χ1) is 9.87. The third kappa shape index (κ3) is 3.35. The van der Waals surface area contributed by atoms with Crippen LogP contribution in [0.25, 0.3) is 0 Å². The Kier molecular flexibility index (Phi) is 4.83. The van der Waals surface area contributed by atoms with Crippen LogP contribution in [0.15, 0.2) is 15.9 Å². The van der Waals surface area contributed by atoms with Gasteiger partial charge in [0.25, 0.3) is 5.91 Å². The standard InChI is InChI=1S/C14H17BrN2O3S/c1-3-4-7-14(2)12(19)17(13(20)16-14)8-9(18)10-5-6-11(15)21-10/h5-6H,3-4,7-8H2,1-2H3,(H,16,20). The molecule has 1 unspecified atom stereocenters. The van der Waals surface area contributed by atoms with Crippen LogP contribution in [0.3, 0.4) is 0 Å². The molecule has 1 fully saturated rings. The molecule has 114 valence electrons. The first kappa shape index (κ1) is 16.2. The van der Waals surface area contributed by atoms with Crippen molar-refractivity contribution in [1.82, 2.24) is 10.2 Å². The summed E-state index contributed by atoms with van der Waals surface area (Å²) >= 11 is 4.58. The van der Waals surface area contributed by atoms with Crippen molar-refractivity contribution in [2.24, 2.45) is 0 Å². The molecule has 1 aromatic rings. The average molecular weight is 373 g/mol. The zero-order chi connectivity index (χ0) is 15.6. The Morgan fingerprint density at radius 3 is 2.71 bits per heavy atom. The van der Waals surface area contributed by atoms with Crippen LogP contribution in [-0.2, 0) is 4.79 Å². The number of halogens is 1. The number of amides is 3. The van der Waals surface area contributed by atoms with Crippen molar-refractivity contribution in [2.75, 3.05) is 6.54 Å². The van der Waals surface area contributed by atoms with E-state index in [4.69, 9.17) is 0 Å². The number of imide groups is 1. The largest absolute Gasteiger partial charge is 0.325 e. The topological polar surface area (TPSA) is 66.5 Å². The van der Waals surface area contributed by atoms with Crippen molar-refractivity contribution in [3.05, 3.63) is 20.8 Å². The van der Waals surface area contributed by atoms with Gasteiger partial charge in [0.2, 0.25) is 0 Å². The fourth-order valence-corrected chi connectivity index (χ4v) is 3.59. The predicted octanol–water partition coefficient (Wildman–Crippen LogP) is 3.19. The fourth-order valence-electron chi connectivity index (χ4n) is 2.28. The molecule has 0 aliphatic carbocycles. The Morgan fingerprint density at radius 1 is 1.43 bits per heavy atom. The zero-order valence-electron chi connectivity index (χ0n) is 11.9. The zero-order valence-corrected chi connectivity index (χ0v) is 14.3. The minimum atomic E-state index is -0.886. The summed E-state index contributed by atoms with van der Waals surface area (Å²) in [6, 6.07) is 2.98. The molecule has 2 rings (SSSR count). The SMILES string of the molecule is CCCCC1(C)NC(=O)N(CC(=O)c2ccc(Br)s2)C1=O. The number of thiophene rings is 1. The van der Waals surface area contributed by atoms with E-state index in [1.807, 2.05) is 6.92 Å². The molecule has 2 heterocycles. The van der Waals surface area contributed by atoms with Crippen molar-refractivity contribution in [2.45, 2.75) is 38.6 Å². The lowest BCUT2D eigenvalue weighted by Gasteiger charge is -2.21. The number of carbonyl (C=O) groups excluding carboxylic acids is 3. The molecule has 0 spiro atoms. The lowest BCUT2D eigenvalue weighted by atomic mass is 9.95. The van der Waals surface area contributed by atoms with Gasteiger partial charge in [-0.2, -0.15) is 0 Å². The number of rotatable bonds is 6. The fraction of sp³-hybridized carbons (Fsp3) is 0.500. The van der Waals surface area contributed by atoms with E-state index >= 15 is 0 Å². The van der Waals surface area contributed by atoms with Crippen LogP contribution in [0.2, 0.25) is 0 Å². The minimum Gasteiger partial charge on any atom is -0.323 e. The van der Waals surface area contributed by atoms with Crippen molar-refractivity contribution >= 4 is 45.0 Å². The van der Waals surface area contributed by atoms with Gasteiger partial charge in [-0.05, 0) is 41.4 Å². The van der Waals surface area contributed by atoms with E-state index < -0.39 is 11.6 Å². The third-order valence-electron chi connectivity index (χ3n) is 3.53. The van der Waals surface area contributed by atoms with Gasteiger partial charge in [-0.15, -0.1) is 11.3 Å². The van der Waals surface area contributed by atoms with Gasteiger partial charge in [-0.1, -0.05) is 19.8 Å². The molecular formula is C14H17BrN2O3S. The van der Waals surface area contributed by atoms with E-state index in [0.717, 1.165) is 21.5 Å². The molecule has 1 saturated heterocycles. The van der Waals surface area contributed by atoms with Crippen LogP contribution < -0.4 is 5.32 Å². The summed E-state index contributed by atoms with van der Waals surface area (Å²) < 4.78 is 0.843. The second-order valence-electron chi connectivity index (χ2n) is 5.28. The maximum atomic E-state index is 12.4. The lowest BCUT2D eigenvalue weighted by molar-refractivity contribution is -0.130. The van der Waals surface area contributed by atoms with Gasteiger partial charge in [0, 0.05) is 0 Å². The normalized spacial score (nSPS) is 21.8. The van der Waals surface area contributed by atoms with E-state index in [1.54, 1.807) is 19.1 Å². The van der Waals surface area contributed by atoms with Gasteiger partial charge in [-0.25, -0.2) is 4.79 Å². The summed E-state index contributed by atoms with van der Waals surface area (Å²) in [5.41, 5.74) is -0.886. The van der Waals surface area contributed by atoms with Gasteiger partial charge in [0.15, 0.2) is 5.78 Å². The maximum absolute atomic E-state index is 12.4. The molecule has 0 aromatic carbocycles. The molecule has 21 heavy (non-hydrogen) atoms. The molecule has 1 aromatic heterocycles. The molecule has 0 bridgehead atoms. The number of nitrogens with zero attached hydrogens (tertiary/aromatic N) is 1. The number of ketones is 1. The van der Waals surface area contributed by atoms with Crippen LogP contribution in [0.4, 0.5) is 4.79 Å². The van der Waals surface area contributed by atoms with E-state index in [9.17, 15) is 14.4 Å². The molecule has 1 N–H and O–H groups in total. The maximum Gasteiger partial charge on any atom is 0.325 e. The summed E-state index contributed by atoms with van der Waals surface area (Å²) in [5.74, 6) is -0.543. The molecular weight excluding hydrogens is 356 g/mol. The summed E-state index contributed by atoms with van der Waals surface area (Å²) in [6.45, 7) is 3.54. The van der Waals surface area contributed by atoms with Gasteiger partial charge in [0.05, 0.1) is 15.2 Å². The van der Waals surface area contributed by atoms with E-state index in [0.29, 0.717) is 11.3 Å². The highest BCUT2D eigenvalue weighted by molar-refractivity contribution is 9.11. The van der Waals surface area contributed by atoms with Crippen molar-refractivity contribution < 1.29 is 14.4 Å². The molecule has 1 aliphatic heterocycles. The van der Waals surface area contributed by atoms with Gasteiger partial charge >= 0.3 is 6.03 Å². The quantitative estimate of drug-likeness (QED) is 0.615. The van der Waals surface area contributed by atoms with Crippen molar-refractivity contribution in [1.29, 1.82) is 0 Å². The Morgan fingerprint density at radius 2 is 2.14 bits per heavy atom. The first-order valence-electron chi connectivity index (χ1n) is 6.80. The highest BCUT2D eigenvalue weighted by atomic mass is 79.9. The van der Waals surface area contributed by atoms with Gasteiger partial charge in [0.1, 0.15) is 5.54 Å². The number of hydrogen-bond acceptors (Lipinski definition) is 4. The second-order valence-corrected chi connectivity index (χ2v) is 7.75. The molecule has 0 saturated carbocycles. The summed E-state index contributed by atoms with van der Waals surface area (Å²) in [7, 11) is 0. The van der Waals surface area contributed by atoms with Crippen LogP contribution >= 0.6 is 27.3 Å². The number of hydrogen-bond donors (Lipinski definition) is 1. The Labute approximate surface area is 135 Å². The number of carbonyl (C=O) groups is 3. The molecule has 1 aliphatic rings. The van der Waals surface area contributed by atoms with E-state index in [-0.39, 0.29) is 18.2 Å². The molecule has 3 amide bonds. The summed E-state index contributed by atoms with van der Waals surface area (Å²) in [6.07, 6.45) is 2.38. The number of Topliss-reactive ketones (excluding diaryl/α,β-unsaturated/α-hetero) is 1. The van der Waals surface area contributed by atoms with Crippen LogP contribution in [0, 0.1) is 0 Å². The Bertz CT molecular complexity index is 587. The lowest BCUT2D eigenvalue weighted by Crippen LogP contribution is -2.44. The smallest absolute Gasteiger partial charge is 0.323 e. The monoisotopic (exact) mass is 372 g/mol. The Balaban J connectivity index is 2.08. The van der Waals surface area contributed by atoms with Crippen LogP contribution in [0.1, 0.15) is 42.8 Å². The number of nitrogens with one attached hydrogen (secondary N) is 1. The van der Waals surface area contributed by atoms with Gasteiger partial charge < -0.3 is 5.32 Å². The highest BCUT2D eigenvalue weighted by Gasteiger charge is 2.47. The minimum absolute atomic E-state index is 0.209. The average Bonchev–Trinajstić information content (AvgIpc) is 2.95. The molecule has 1 atom stereocenters. The van der Waals surface area contributed by atoms with Gasteiger partial charge in [-0.3, -0.25) is 14.5 Å². The van der Waals surface area contributed by atoms with E-state index in [1.165, 1.54) is 11.3 Å². The third-order valence-corrected chi connectivity index (χ3v) is 5.19. The summed E-state index contributed by atoms with van der Waals surface area (Å²) in [5, 5.41) is 2.71. The highest BCUT2D eigenvalue weighted by Crippen LogP contribution is 2.26. The molecule has 5 nitrogen and oxygen atoms in total. The number of urea groups is 1. The summed E-state index contributed by atoms with van der Waals surface area (Å²) in [4.78, 5) is 38.1. The molecule has 0 radical (unpaired) electrons. The van der Waals surface area contributed by atoms with Crippen LogP contribution in [0.5, 0.6) is 0 Å².